The Morgan fingerprint density at radius 3 is 2.10 bits per heavy atom. The summed E-state index contributed by atoms with van der Waals surface area (Å²) in [6.45, 7) is 0. The zero-order valence-corrected chi connectivity index (χ0v) is 20.0. The van der Waals surface area contributed by atoms with E-state index in [9.17, 15) is 26.4 Å². The van der Waals surface area contributed by atoms with Crippen LogP contribution in [0.15, 0.2) is 29.2 Å². The zero-order chi connectivity index (χ0) is 21.8. The van der Waals surface area contributed by atoms with Crippen molar-refractivity contribution >= 4 is 73.4 Å². The molecule has 159 valence electrons. The predicted molar refractivity (Wildman–Crippen MR) is 95.9 cm³/mol. The number of carbonyl (C=O) groups excluding carboxylic acids is 1. The van der Waals surface area contributed by atoms with E-state index in [0.29, 0.717) is 4.90 Å². The minimum absolute atomic E-state index is 0. The summed E-state index contributed by atoms with van der Waals surface area (Å²) in [5.41, 5.74) is 0. The summed E-state index contributed by atoms with van der Waals surface area (Å²) in [7, 11) is -1.16. The van der Waals surface area contributed by atoms with Gasteiger partial charge in [-0.2, -0.15) is 9.97 Å². The number of carbonyl (C=O) groups is 1. The molecule has 0 saturated carbocycles. The molecule has 0 unspecified atom stereocenters. The maximum atomic E-state index is 12.5. The molecule has 1 aromatic heterocycles. The molecule has 30 heavy (non-hydrogen) atoms. The predicted octanol–water partition coefficient (Wildman–Crippen LogP) is 0.941. The van der Waals surface area contributed by atoms with Gasteiger partial charge in [-0.25, -0.2) is 17.9 Å². The van der Waals surface area contributed by atoms with Gasteiger partial charge in [0.1, 0.15) is 10.6 Å². The van der Waals surface area contributed by atoms with Crippen LogP contribution in [0.25, 0.3) is 0 Å². The van der Waals surface area contributed by atoms with E-state index in [1.807, 2.05) is 0 Å². The fraction of sp³-hybridized carbons (Fsp3) is 0.286. The van der Waals surface area contributed by atoms with Gasteiger partial charge >= 0.3 is 24.4 Å². The van der Waals surface area contributed by atoms with Crippen molar-refractivity contribution in [3.8, 4) is 17.8 Å². The van der Waals surface area contributed by atoms with E-state index in [1.165, 1.54) is 14.2 Å². The van der Waals surface area contributed by atoms with Crippen molar-refractivity contribution in [2.24, 2.45) is 0 Å². The van der Waals surface area contributed by atoms with E-state index >= 15 is 0 Å². The number of methoxy groups -OCH3 is 2. The molecule has 0 aliphatic heterocycles. The molecule has 2 rings (SSSR count). The Labute approximate surface area is 211 Å². The van der Waals surface area contributed by atoms with Crippen molar-refractivity contribution in [2.75, 3.05) is 26.2 Å². The number of sulfonamides is 1. The van der Waals surface area contributed by atoms with Crippen LogP contribution >= 0.6 is 0 Å². The van der Waals surface area contributed by atoms with Crippen LogP contribution < -0.4 is 23.8 Å². The Morgan fingerprint density at radius 2 is 1.60 bits per heavy atom. The third kappa shape index (κ3) is 6.91. The first-order chi connectivity index (χ1) is 13.5. The van der Waals surface area contributed by atoms with Gasteiger partial charge < -0.3 is 14.2 Å². The van der Waals surface area contributed by atoms with Gasteiger partial charge in [-0.05, 0) is 12.1 Å². The molecule has 1 radical (unpaired) electrons. The molecular weight excluding hydrogens is 462 g/mol. The molecule has 1 heterocycles. The first kappa shape index (κ1) is 26.3. The van der Waals surface area contributed by atoms with Crippen LogP contribution in [0.1, 0.15) is 0 Å². The summed E-state index contributed by atoms with van der Waals surface area (Å²) in [6, 6.07) is 2.20. The molecule has 2 amide bonds. The number of benzene rings is 1. The van der Waals surface area contributed by atoms with Crippen LogP contribution in [-0.4, -0.2) is 108 Å². The van der Waals surface area contributed by atoms with Crippen molar-refractivity contribution in [3.63, 3.8) is 0 Å². The Morgan fingerprint density at radius 1 is 1.07 bits per heavy atom. The number of halogens is 3. The van der Waals surface area contributed by atoms with Crippen LogP contribution in [-0.2, 0) is 10.0 Å². The zero-order valence-electron chi connectivity index (χ0n) is 16.1. The second-order valence-corrected chi connectivity index (χ2v) is 6.72. The first-order valence-electron chi connectivity index (χ1n) is 7.46. The smallest absolute Gasteiger partial charge is 0.467 e. The van der Waals surface area contributed by atoms with Crippen LogP contribution in [0.2, 0.25) is 0 Å². The first-order valence-corrected chi connectivity index (χ1v) is 8.94. The Kier molecular flexibility index (Phi) is 9.24. The largest absolute Gasteiger partial charge is 0.573 e. The van der Waals surface area contributed by atoms with Crippen LogP contribution in [0, 0.1) is 0 Å². The van der Waals surface area contributed by atoms with Gasteiger partial charge in [-0.3, -0.25) is 4.90 Å². The summed E-state index contributed by atoms with van der Waals surface area (Å²) < 4.78 is 77.3. The molecular formula is C14H14F3KN5O6S. The molecule has 1 N–H and O–H groups in total. The Hall–Kier alpha value is -1.72. The average molecular weight is 476 g/mol. The molecule has 0 fully saturated rings. The minimum Gasteiger partial charge on any atom is -0.467 e. The van der Waals surface area contributed by atoms with Crippen molar-refractivity contribution < 1.29 is 40.6 Å². The number of nitrogens with zero attached hydrogens (tertiary/aromatic N) is 4. The molecule has 11 nitrogen and oxygen atoms in total. The van der Waals surface area contributed by atoms with Crippen molar-refractivity contribution in [2.45, 2.75) is 11.3 Å². The number of hydrogen-bond donors (Lipinski definition) is 1. The number of amides is 2. The number of aromatic nitrogens is 3. The van der Waals surface area contributed by atoms with Crippen molar-refractivity contribution in [3.05, 3.63) is 24.3 Å². The number of nitrogens with one attached hydrogen (secondary N) is 1. The van der Waals surface area contributed by atoms with E-state index in [1.54, 1.807) is 4.72 Å². The van der Waals surface area contributed by atoms with Gasteiger partial charge in [0.25, 0.3) is 10.0 Å². The summed E-state index contributed by atoms with van der Waals surface area (Å²) >= 11 is 0. The number of ether oxygens (including phenoxy) is 3. The van der Waals surface area contributed by atoms with E-state index in [-0.39, 0.29) is 69.4 Å². The molecule has 0 saturated heterocycles. The minimum atomic E-state index is -5.13. The normalized spacial score (nSPS) is 11.1. The van der Waals surface area contributed by atoms with E-state index in [4.69, 9.17) is 9.47 Å². The number of para-hydroxylation sites is 1. The third-order valence-corrected chi connectivity index (χ3v) is 4.50. The van der Waals surface area contributed by atoms with Crippen LogP contribution in [0.3, 0.4) is 0 Å². The monoisotopic (exact) mass is 476 g/mol. The molecule has 1 aromatic carbocycles. The quantitative estimate of drug-likeness (QED) is 0.605. The van der Waals surface area contributed by atoms with Gasteiger partial charge in [0.15, 0.2) is 0 Å². The molecule has 16 heteroatoms. The van der Waals surface area contributed by atoms with E-state index in [0.717, 1.165) is 31.3 Å². The summed E-state index contributed by atoms with van der Waals surface area (Å²) in [5.74, 6) is -1.35. The topological polar surface area (TPSA) is 133 Å². The number of hydrogen-bond acceptors (Lipinski definition) is 9. The molecule has 2 aromatic rings. The number of alkyl halides is 3. The van der Waals surface area contributed by atoms with Gasteiger partial charge in [0.05, 0.1) is 14.2 Å². The fourth-order valence-electron chi connectivity index (χ4n) is 1.87. The van der Waals surface area contributed by atoms with Crippen LogP contribution in [0.4, 0.5) is 23.9 Å². The molecule has 0 bridgehead atoms. The molecule has 0 aliphatic carbocycles. The number of urea groups is 1. The molecule has 0 spiro atoms. The van der Waals surface area contributed by atoms with Gasteiger partial charge in [0, 0.05) is 58.4 Å². The van der Waals surface area contributed by atoms with E-state index in [2.05, 4.69) is 19.7 Å². The Balaban J connectivity index is 0.00000450. The maximum Gasteiger partial charge on any atom is 0.573 e. The standard InChI is InChI=1S/C14H14F3N5O6S.K/c1-22(10-18-11(26-2)20-12(19-10)27-3)13(23)21-29(24,25)9-7-5-4-6-8(9)28-14(15,16)17;/h4-7H,1-3H3,(H,21,23);. The van der Waals surface area contributed by atoms with Crippen molar-refractivity contribution in [1.82, 2.24) is 19.7 Å². The third-order valence-electron chi connectivity index (χ3n) is 3.14. The van der Waals surface area contributed by atoms with Crippen molar-refractivity contribution in [1.29, 1.82) is 0 Å². The van der Waals surface area contributed by atoms with Gasteiger partial charge in [-0.1, -0.05) is 12.1 Å². The van der Waals surface area contributed by atoms with E-state index < -0.39 is 33.1 Å². The van der Waals surface area contributed by atoms with Crippen LogP contribution in [0.5, 0.6) is 17.8 Å². The molecule has 0 atom stereocenters. The molecule has 0 aliphatic rings. The van der Waals surface area contributed by atoms with Gasteiger partial charge in [-0.15, -0.1) is 18.2 Å². The Bertz CT molecular complexity index is 986. The number of rotatable bonds is 6. The second kappa shape index (κ2) is 10.5. The summed E-state index contributed by atoms with van der Waals surface area (Å²) in [5, 5.41) is 0. The second-order valence-electron chi connectivity index (χ2n) is 5.07. The summed E-state index contributed by atoms with van der Waals surface area (Å²) in [6.07, 6.45) is -5.13. The average Bonchev–Trinajstić information content (AvgIpc) is 2.65. The summed E-state index contributed by atoms with van der Waals surface area (Å²) in [4.78, 5) is 23.3. The maximum absolute atomic E-state index is 12.5. The SMILES string of the molecule is COc1nc(OC)nc(N(C)C(=O)NS(=O)(=O)c2ccccc2OC(F)(F)F)n1.[K]. The van der Waals surface area contributed by atoms with Gasteiger partial charge in [0.2, 0.25) is 5.95 Å². The number of anilines is 1. The fourth-order valence-corrected chi connectivity index (χ4v) is 2.98.